The highest BCUT2D eigenvalue weighted by Crippen LogP contribution is 2.67. The molecule has 2 rings (SSSR count). The summed E-state index contributed by atoms with van der Waals surface area (Å²) in [5.41, 5.74) is -7.11. The molecule has 0 radical (unpaired) electrons. The number of ketones is 1. The molecular weight excluding hydrogens is 336 g/mol. The van der Waals surface area contributed by atoms with Crippen molar-refractivity contribution >= 4 is 5.78 Å². The van der Waals surface area contributed by atoms with E-state index in [1.165, 1.54) is 6.92 Å². The van der Waals surface area contributed by atoms with E-state index in [0.717, 1.165) is 13.0 Å². The third-order valence-electron chi connectivity index (χ3n) is 4.35. The van der Waals surface area contributed by atoms with E-state index in [4.69, 9.17) is 0 Å². The van der Waals surface area contributed by atoms with Crippen LogP contribution in [0.1, 0.15) is 39.0 Å². The van der Waals surface area contributed by atoms with Gasteiger partial charge in [0.25, 0.3) is 5.67 Å². The Balaban J connectivity index is 2.58. The third kappa shape index (κ3) is 2.34. The monoisotopic (exact) mass is 353 g/mol. The fourth-order valence-corrected chi connectivity index (χ4v) is 3.15. The van der Waals surface area contributed by atoms with E-state index in [0.29, 0.717) is 6.54 Å². The highest BCUT2D eigenvalue weighted by molar-refractivity contribution is 5.99. The molecular formula is C16H17F6NO. The second kappa shape index (κ2) is 5.47. The molecule has 0 saturated carbocycles. The molecule has 0 fully saturated rings. The fourth-order valence-electron chi connectivity index (χ4n) is 3.15. The second-order valence-electron chi connectivity index (χ2n) is 6.32. The summed E-state index contributed by atoms with van der Waals surface area (Å²) in [7, 11) is 3.44. The molecule has 0 bridgehead atoms. The van der Waals surface area contributed by atoms with Crippen LogP contribution in [0.2, 0.25) is 0 Å². The average molecular weight is 353 g/mol. The van der Waals surface area contributed by atoms with Crippen LogP contribution in [0.15, 0.2) is 6.07 Å². The van der Waals surface area contributed by atoms with Crippen LogP contribution >= 0.6 is 0 Å². The Kier molecular flexibility index (Phi) is 4.28. The molecule has 0 N–H and O–H groups in total. The van der Waals surface area contributed by atoms with Gasteiger partial charge in [0, 0.05) is 29.7 Å². The molecule has 24 heavy (non-hydrogen) atoms. The van der Waals surface area contributed by atoms with Crippen molar-refractivity contribution in [1.82, 2.24) is 4.90 Å². The lowest BCUT2D eigenvalue weighted by atomic mass is 9.66. The molecule has 1 aliphatic rings. The van der Waals surface area contributed by atoms with Crippen LogP contribution < -0.4 is 0 Å². The fraction of sp³-hybridized carbons (Fsp3) is 0.562. The van der Waals surface area contributed by atoms with Crippen molar-refractivity contribution in [1.29, 1.82) is 0 Å². The van der Waals surface area contributed by atoms with Crippen molar-refractivity contribution in [2.45, 2.75) is 38.0 Å². The third-order valence-corrected chi connectivity index (χ3v) is 4.35. The maximum Gasteiger partial charge on any atom is 0.433 e. The van der Waals surface area contributed by atoms with Gasteiger partial charge in [0.1, 0.15) is 0 Å². The van der Waals surface area contributed by atoms with Gasteiger partial charge >= 0.3 is 12.1 Å². The first kappa shape index (κ1) is 18.8. The number of carbonyl (C=O) groups is 1. The van der Waals surface area contributed by atoms with Gasteiger partial charge in [0.15, 0.2) is 5.78 Å². The van der Waals surface area contributed by atoms with Crippen molar-refractivity contribution in [2.75, 3.05) is 20.6 Å². The Morgan fingerprint density at radius 1 is 1.17 bits per heavy atom. The minimum Gasteiger partial charge on any atom is -0.309 e. The van der Waals surface area contributed by atoms with E-state index in [-0.39, 0.29) is 23.1 Å². The lowest BCUT2D eigenvalue weighted by molar-refractivity contribution is -0.333. The largest absolute Gasteiger partial charge is 0.433 e. The van der Waals surface area contributed by atoms with Crippen LogP contribution in [0.25, 0.3) is 0 Å². The predicted molar refractivity (Wildman–Crippen MR) is 76.2 cm³/mol. The Morgan fingerprint density at radius 3 is 2.17 bits per heavy atom. The zero-order valence-electron chi connectivity index (χ0n) is 13.6. The molecule has 8 heteroatoms. The molecule has 1 aromatic rings. The minimum atomic E-state index is -5.74. The maximum atomic E-state index is 14.2. The number of rotatable bonds is 4. The van der Waals surface area contributed by atoms with Gasteiger partial charge in [-0.15, -0.1) is 0 Å². The zero-order chi connectivity index (χ0) is 18.7. The average Bonchev–Trinajstić information content (AvgIpc) is 2.41. The lowest BCUT2D eigenvalue weighted by Gasteiger charge is -2.46. The molecule has 2 nitrogen and oxygen atoms in total. The van der Waals surface area contributed by atoms with Crippen LogP contribution in [0.5, 0.6) is 0 Å². The first-order valence-electron chi connectivity index (χ1n) is 7.23. The number of hydrogen-bond acceptors (Lipinski definition) is 2. The second-order valence-corrected chi connectivity index (χ2v) is 6.32. The van der Waals surface area contributed by atoms with E-state index in [1.54, 1.807) is 19.0 Å². The standard InChI is InChI=1S/C16H17F6NO/c1-8-7-10-13(15(18,19)14(10,17)16(20,21)22)9(2)12(8)11(24)5-6-23(3)4/h7H,5-6H2,1-4H3. The van der Waals surface area contributed by atoms with Crippen molar-refractivity contribution in [3.8, 4) is 0 Å². The van der Waals surface area contributed by atoms with Gasteiger partial charge in [-0.25, -0.2) is 4.39 Å². The van der Waals surface area contributed by atoms with E-state index in [9.17, 15) is 31.1 Å². The summed E-state index contributed by atoms with van der Waals surface area (Å²) in [5.74, 6) is -5.17. The number of Topliss-reactive ketones (excluding diaryl/α,β-unsaturated/α-hetero) is 1. The minimum absolute atomic E-state index is 0.0269. The normalized spacial score (nSPS) is 22.3. The van der Waals surface area contributed by atoms with Gasteiger partial charge in [-0.1, -0.05) is 6.07 Å². The van der Waals surface area contributed by atoms with E-state index in [2.05, 4.69) is 0 Å². The van der Waals surface area contributed by atoms with E-state index >= 15 is 0 Å². The number of hydrogen-bond donors (Lipinski definition) is 0. The molecule has 0 spiro atoms. The summed E-state index contributed by atoms with van der Waals surface area (Å²) in [6.45, 7) is 2.82. The van der Waals surface area contributed by atoms with Crippen LogP contribution in [0.3, 0.4) is 0 Å². The number of aryl methyl sites for hydroxylation is 1. The van der Waals surface area contributed by atoms with E-state index < -0.39 is 34.7 Å². The molecule has 1 aromatic carbocycles. The van der Waals surface area contributed by atoms with Crippen molar-refractivity contribution in [2.24, 2.45) is 0 Å². The van der Waals surface area contributed by atoms with Gasteiger partial charge < -0.3 is 4.90 Å². The number of nitrogens with zero attached hydrogens (tertiary/aromatic N) is 1. The summed E-state index contributed by atoms with van der Waals surface area (Å²) in [6, 6.07) is 0.718. The molecule has 0 aromatic heterocycles. The molecule has 0 amide bonds. The van der Waals surface area contributed by atoms with Crippen LogP contribution in [-0.4, -0.2) is 37.5 Å². The van der Waals surface area contributed by atoms with Gasteiger partial charge in [-0.05, 0) is 39.1 Å². The van der Waals surface area contributed by atoms with Gasteiger partial charge in [-0.3, -0.25) is 4.79 Å². The quantitative estimate of drug-likeness (QED) is 0.595. The van der Waals surface area contributed by atoms with Crippen molar-refractivity contribution in [3.63, 3.8) is 0 Å². The molecule has 0 heterocycles. The van der Waals surface area contributed by atoms with Crippen LogP contribution in [0.4, 0.5) is 26.3 Å². The highest BCUT2D eigenvalue weighted by Gasteiger charge is 2.80. The Morgan fingerprint density at radius 2 is 1.71 bits per heavy atom. The van der Waals surface area contributed by atoms with Crippen LogP contribution in [0, 0.1) is 13.8 Å². The Hall–Kier alpha value is -1.57. The molecule has 0 saturated heterocycles. The summed E-state index contributed by atoms with van der Waals surface area (Å²) < 4.78 is 80.8. The first-order chi connectivity index (χ1) is 10.8. The van der Waals surface area contributed by atoms with Crippen molar-refractivity contribution < 1.29 is 31.1 Å². The smallest absolute Gasteiger partial charge is 0.309 e. The SMILES string of the molecule is Cc1cc2c(c(C)c1C(=O)CCN(C)C)C(F)(F)C2(F)C(F)(F)F. The summed E-state index contributed by atoms with van der Waals surface area (Å²) in [6.07, 6.45) is -5.71. The van der Waals surface area contributed by atoms with Gasteiger partial charge in [0.05, 0.1) is 0 Å². The molecule has 1 unspecified atom stereocenters. The Bertz CT molecular complexity index is 695. The zero-order valence-corrected chi connectivity index (χ0v) is 13.6. The maximum absolute atomic E-state index is 14.2. The van der Waals surface area contributed by atoms with Crippen molar-refractivity contribution in [3.05, 3.63) is 33.9 Å². The van der Waals surface area contributed by atoms with Gasteiger partial charge in [0.2, 0.25) is 0 Å². The lowest BCUT2D eigenvalue weighted by Crippen LogP contribution is -2.59. The van der Waals surface area contributed by atoms with Gasteiger partial charge in [-0.2, -0.15) is 22.0 Å². The molecule has 134 valence electrons. The van der Waals surface area contributed by atoms with E-state index in [1.807, 2.05) is 0 Å². The topological polar surface area (TPSA) is 20.3 Å². The number of fused-ring (bicyclic) bond motifs is 1. The Labute approximate surface area is 135 Å². The number of benzene rings is 1. The summed E-state index contributed by atoms with van der Waals surface area (Å²) >= 11 is 0. The molecule has 0 aliphatic heterocycles. The predicted octanol–water partition coefficient (Wildman–Crippen LogP) is 4.27. The summed E-state index contributed by atoms with van der Waals surface area (Å²) in [4.78, 5) is 14.0. The number of halogens is 6. The first-order valence-corrected chi connectivity index (χ1v) is 7.23. The molecule has 1 atom stereocenters. The highest BCUT2D eigenvalue weighted by atomic mass is 19.4. The number of alkyl halides is 6. The van der Waals surface area contributed by atoms with Crippen LogP contribution in [-0.2, 0) is 11.6 Å². The summed E-state index contributed by atoms with van der Waals surface area (Å²) in [5, 5.41) is 0. The molecule has 1 aliphatic carbocycles. The number of carbonyl (C=O) groups excluding carboxylic acids is 1.